The van der Waals surface area contributed by atoms with Crippen molar-refractivity contribution in [2.45, 2.75) is 57.5 Å². The van der Waals surface area contributed by atoms with Crippen LogP contribution in [0.4, 0.5) is 10.5 Å². The number of carbonyl (C=O) groups is 2. The first kappa shape index (κ1) is 21.7. The first-order valence-electron chi connectivity index (χ1n) is 11.4. The van der Waals surface area contributed by atoms with Crippen LogP contribution in [0.15, 0.2) is 18.2 Å². The predicted molar refractivity (Wildman–Crippen MR) is 116 cm³/mol. The quantitative estimate of drug-likeness (QED) is 0.711. The molecular formula is C23H33N3O5. The standard InChI is InChI=1S/C22H31N3O3.CH2O2/c1-2-5-18-15-10-16(19-6-3-4-9-25(18)19)13-24(12-15)22(26)23-17-7-8-20-21(11-17)28-14-27-20;2-1-3/h7-8,11,15-16,18-19H,2-6,9-10,12-14H2,1H3,(H,23,26);1H,(H,2,3)/t15-,16+,18-,19-;/m0./s1. The minimum atomic E-state index is -0.250. The number of urea groups is 1. The second-order valence-electron chi connectivity index (χ2n) is 8.92. The molecule has 2 bridgehead atoms. The highest BCUT2D eigenvalue weighted by molar-refractivity contribution is 5.90. The van der Waals surface area contributed by atoms with E-state index in [0.717, 1.165) is 24.5 Å². The van der Waals surface area contributed by atoms with E-state index < -0.39 is 0 Å². The molecule has 4 atom stereocenters. The van der Waals surface area contributed by atoms with Crippen molar-refractivity contribution in [2.24, 2.45) is 11.8 Å². The van der Waals surface area contributed by atoms with Gasteiger partial charge in [-0.3, -0.25) is 9.69 Å². The molecule has 8 nitrogen and oxygen atoms in total. The lowest BCUT2D eigenvalue weighted by atomic mass is 9.71. The number of anilines is 1. The largest absolute Gasteiger partial charge is 0.483 e. The van der Waals surface area contributed by atoms with E-state index >= 15 is 0 Å². The minimum Gasteiger partial charge on any atom is -0.483 e. The normalized spacial score (nSPS) is 28.7. The molecular weight excluding hydrogens is 398 g/mol. The van der Waals surface area contributed by atoms with Gasteiger partial charge in [-0.1, -0.05) is 19.8 Å². The molecule has 5 rings (SSSR count). The van der Waals surface area contributed by atoms with Crippen LogP contribution in [0.5, 0.6) is 11.5 Å². The smallest absolute Gasteiger partial charge is 0.321 e. The number of piperidine rings is 3. The second kappa shape index (κ2) is 9.77. The molecule has 4 aliphatic rings. The van der Waals surface area contributed by atoms with Gasteiger partial charge in [-0.2, -0.15) is 0 Å². The summed E-state index contributed by atoms with van der Waals surface area (Å²) in [5.74, 6) is 2.67. The maximum atomic E-state index is 13.1. The summed E-state index contributed by atoms with van der Waals surface area (Å²) in [6.45, 7) is 5.30. The van der Waals surface area contributed by atoms with Crippen LogP contribution < -0.4 is 14.8 Å². The fourth-order valence-electron chi connectivity index (χ4n) is 5.94. The predicted octanol–water partition coefficient (Wildman–Crippen LogP) is 3.62. The van der Waals surface area contributed by atoms with Gasteiger partial charge < -0.3 is 24.8 Å². The van der Waals surface area contributed by atoms with Crippen LogP contribution >= 0.6 is 0 Å². The molecule has 1 aromatic carbocycles. The summed E-state index contributed by atoms with van der Waals surface area (Å²) < 4.78 is 10.8. The van der Waals surface area contributed by atoms with Gasteiger partial charge in [0.2, 0.25) is 6.79 Å². The van der Waals surface area contributed by atoms with Gasteiger partial charge in [0.1, 0.15) is 0 Å². The number of hydrogen-bond acceptors (Lipinski definition) is 5. The topological polar surface area (TPSA) is 91.3 Å². The first-order chi connectivity index (χ1) is 15.1. The van der Waals surface area contributed by atoms with Crippen molar-refractivity contribution in [2.75, 3.05) is 31.7 Å². The number of likely N-dealkylation sites (tertiary alicyclic amines) is 1. The third-order valence-electron chi connectivity index (χ3n) is 7.12. The first-order valence-corrected chi connectivity index (χ1v) is 11.4. The molecule has 1 aromatic rings. The average Bonchev–Trinajstić information content (AvgIpc) is 3.25. The molecule has 0 unspecified atom stereocenters. The van der Waals surface area contributed by atoms with Crippen LogP contribution in [0.3, 0.4) is 0 Å². The Kier molecular flexibility index (Phi) is 6.85. The number of ether oxygens (including phenoxy) is 2. The minimum absolute atomic E-state index is 0.0214. The van der Waals surface area contributed by atoms with Crippen molar-refractivity contribution in [1.29, 1.82) is 0 Å². The van der Waals surface area contributed by atoms with E-state index in [1.54, 1.807) is 0 Å². The molecule has 0 spiro atoms. The molecule has 4 heterocycles. The zero-order valence-electron chi connectivity index (χ0n) is 18.2. The van der Waals surface area contributed by atoms with Gasteiger partial charge in [0, 0.05) is 36.9 Å². The Morgan fingerprint density at radius 2 is 2.00 bits per heavy atom. The average molecular weight is 432 g/mol. The molecule has 8 heteroatoms. The molecule has 2 amide bonds. The summed E-state index contributed by atoms with van der Waals surface area (Å²) in [5, 5.41) is 9.98. The Hall–Kier alpha value is -2.48. The Bertz CT molecular complexity index is 788. The van der Waals surface area contributed by atoms with E-state index in [2.05, 4.69) is 22.0 Å². The van der Waals surface area contributed by atoms with E-state index in [9.17, 15) is 4.79 Å². The Labute approximate surface area is 183 Å². The monoisotopic (exact) mass is 431 g/mol. The van der Waals surface area contributed by atoms with Crippen LogP contribution in [0.1, 0.15) is 45.4 Å². The van der Waals surface area contributed by atoms with Crippen molar-refractivity contribution in [1.82, 2.24) is 9.80 Å². The molecule has 3 saturated heterocycles. The summed E-state index contributed by atoms with van der Waals surface area (Å²) in [6.07, 6.45) is 7.74. The molecule has 31 heavy (non-hydrogen) atoms. The molecule has 170 valence electrons. The molecule has 0 aromatic heterocycles. The Morgan fingerprint density at radius 3 is 2.81 bits per heavy atom. The van der Waals surface area contributed by atoms with Gasteiger partial charge >= 0.3 is 6.03 Å². The van der Waals surface area contributed by atoms with E-state index in [-0.39, 0.29) is 19.3 Å². The SMILES string of the molecule is CCC[C@H]1[C@H]2C[C@H](CN(C(=O)Nc3ccc4c(c3)OCO4)C2)[C@@H]2CCCCN21.O=CO. The highest BCUT2D eigenvalue weighted by Crippen LogP contribution is 2.42. The molecule has 0 aliphatic carbocycles. The number of carboxylic acid groups (broad SMARTS) is 1. The Morgan fingerprint density at radius 1 is 1.23 bits per heavy atom. The number of amides is 2. The summed E-state index contributed by atoms with van der Waals surface area (Å²) in [5.41, 5.74) is 0.773. The fraction of sp³-hybridized carbons (Fsp3) is 0.652. The van der Waals surface area contributed by atoms with Crippen molar-refractivity contribution in [3.63, 3.8) is 0 Å². The number of fused-ring (bicyclic) bond motifs is 5. The number of nitrogens with one attached hydrogen (secondary N) is 1. The highest BCUT2D eigenvalue weighted by Gasteiger charge is 2.47. The van der Waals surface area contributed by atoms with Crippen molar-refractivity contribution >= 4 is 18.2 Å². The summed E-state index contributed by atoms with van der Waals surface area (Å²) >= 11 is 0. The molecule has 3 fully saturated rings. The molecule has 0 saturated carbocycles. The lowest BCUT2D eigenvalue weighted by molar-refractivity contribution is -0.122. The zero-order chi connectivity index (χ0) is 21.8. The number of carbonyl (C=O) groups excluding carboxylic acids is 1. The zero-order valence-corrected chi connectivity index (χ0v) is 18.2. The summed E-state index contributed by atoms with van der Waals surface area (Å²) in [6, 6.07) is 6.94. The maximum absolute atomic E-state index is 13.1. The molecule has 2 N–H and O–H groups in total. The lowest BCUT2D eigenvalue weighted by Gasteiger charge is -2.56. The van der Waals surface area contributed by atoms with Crippen LogP contribution in [-0.4, -0.2) is 65.9 Å². The number of nitrogens with zero attached hydrogens (tertiary/aromatic N) is 2. The van der Waals surface area contributed by atoms with Gasteiger partial charge in [0.15, 0.2) is 11.5 Å². The van der Waals surface area contributed by atoms with Gasteiger partial charge in [-0.05, 0) is 56.2 Å². The third-order valence-corrected chi connectivity index (χ3v) is 7.12. The van der Waals surface area contributed by atoms with Crippen LogP contribution in [0, 0.1) is 11.8 Å². The van der Waals surface area contributed by atoms with Crippen molar-refractivity contribution in [3.8, 4) is 11.5 Å². The number of rotatable bonds is 3. The van der Waals surface area contributed by atoms with Crippen LogP contribution in [0.25, 0.3) is 0 Å². The van der Waals surface area contributed by atoms with Crippen LogP contribution in [0.2, 0.25) is 0 Å². The van der Waals surface area contributed by atoms with Crippen LogP contribution in [-0.2, 0) is 4.79 Å². The van der Waals surface area contributed by atoms with Crippen molar-refractivity contribution in [3.05, 3.63) is 18.2 Å². The number of benzene rings is 1. The molecule has 4 aliphatic heterocycles. The van der Waals surface area contributed by atoms with Gasteiger partial charge in [0.05, 0.1) is 0 Å². The van der Waals surface area contributed by atoms with E-state index in [4.69, 9.17) is 19.4 Å². The second-order valence-corrected chi connectivity index (χ2v) is 8.92. The molecule has 0 radical (unpaired) electrons. The fourth-order valence-corrected chi connectivity index (χ4v) is 5.94. The highest BCUT2D eigenvalue weighted by atomic mass is 16.7. The van der Waals surface area contributed by atoms with E-state index in [1.165, 1.54) is 45.1 Å². The van der Waals surface area contributed by atoms with Gasteiger partial charge in [-0.25, -0.2) is 4.79 Å². The van der Waals surface area contributed by atoms with E-state index in [0.29, 0.717) is 29.7 Å². The lowest BCUT2D eigenvalue weighted by Crippen LogP contribution is -2.64. The summed E-state index contributed by atoms with van der Waals surface area (Å²) in [7, 11) is 0. The third kappa shape index (κ3) is 4.59. The maximum Gasteiger partial charge on any atom is 0.321 e. The van der Waals surface area contributed by atoms with Crippen molar-refractivity contribution < 1.29 is 24.2 Å². The Balaban J connectivity index is 0.000000730. The van der Waals surface area contributed by atoms with Gasteiger partial charge in [-0.15, -0.1) is 0 Å². The van der Waals surface area contributed by atoms with Gasteiger partial charge in [0.25, 0.3) is 6.47 Å². The summed E-state index contributed by atoms with van der Waals surface area (Å²) in [4.78, 5) is 26.3. The number of hydrogen-bond donors (Lipinski definition) is 2. The van der Waals surface area contributed by atoms with E-state index in [1.807, 2.05) is 18.2 Å².